The van der Waals surface area contributed by atoms with Crippen LogP contribution in [0.2, 0.25) is 5.54 Å². The van der Waals surface area contributed by atoms with E-state index in [1.54, 1.807) is 6.07 Å². The van der Waals surface area contributed by atoms with Crippen LogP contribution in [-0.2, 0) is 8.85 Å². The van der Waals surface area contributed by atoms with Crippen molar-refractivity contribution >= 4 is 8.56 Å². The van der Waals surface area contributed by atoms with Gasteiger partial charge in [-0.05, 0) is 27.7 Å². The highest BCUT2D eigenvalue weighted by Gasteiger charge is 2.67. The first-order chi connectivity index (χ1) is 7.80. The third-order valence-electron chi connectivity index (χ3n) is 2.45. The second-order valence-corrected chi connectivity index (χ2v) is 7.07. The standard InChI is InChI=1S/C10H18F3NO2Si/c1-5-15-17(16-6-2,8(3)7-14)10(12,13)9(4)11/h8-9H,5-6H2,1-4H3. The van der Waals surface area contributed by atoms with Crippen molar-refractivity contribution in [2.45, 2.75) is 45.0 Å². The summed E-state index contributed by atoms with van der Waals surface area (Å²) >= 11 is 0. The average molecular weight is 269 g/mol. The molecule has 100 valence electrons. The van der Waals surface area contributed by atoms with Crippen molar-refractivity contribution < 1.29 is 22.0 Å². The van der Waals surface area contributed by atoms with E-state index in [1.807, 2.05) is 0 Å². The predicted octanol–water partition coefficient (Wildman–Crippen LogP) is 2.95. The van der Waals surface area contributed by atoms with E-state index in [1.165, 1.54) is 20.8 Å². The zero-order valence-corrected chi connectivity index (χ0v) is 11.5. The van der Waals surface area contributed by atoms with Crippen molar-refractivity contribution in [3.8, 4) is 6.07 Å². The molecule has 0 saturated carbocycles. The van der Waals surface area contributed by atoms with E-state index >= 15 is 0 Å². The fraction of sp³-hybridized carbons (Fsp3) is 0.900. The molecule has 0 aromatic carbocycles. The van der Waals surface area contributed by atoms with Crippen molar-refractivity contribution in [2.24, 2.45) is 0 Å². The van der Waals surface area contributed by atoms with Gasteiger partial charge in [-0.2, -0.15) is 5.26 Å². The number of alkyl halides is 3. The molecule has 0 aliphatic rings. The van der Waals surface area contributed by atoms with E-state index in [0.717, 1.165) is 6.92 Å². The first-order valence-electron chi connectivity index (χ1n) is 5.49. The second-order valence-electron chi connectivity index (χ2n) is 3.62. The molecule has 0 spiro atoms. The van der Waals surface area contributed by atoms with Crippen molar-refractivity contribution in [1.29, 1.82) is 5.26 Å². The fourth-order valence-electron chi connectivity index (χ4n) is 1.56. The van der Waals surface area contributed by atoms with Crippen molar-refractivity contribution in [2.75, 3.05) is 13.2 Å². The van der Waals surface area contributed by atoms with Crippen LogP contribution in [0, 0.1) is 11.3 Å². The lowest BCUT2D eigenvalue weighted by Crippen LogP contribution is -2.64. The highest BCUT2D eigenvalue weighted by atomic mass is 28.4. The van der Waals surface area contributed by atoms with Crippen molar-refractivity contribution in [3.63, 3.8) is 0 Å². The minimum atomic E-state index is -4.26. The smallest absolute Gasteiger partial charge is 0.390 e. The van der Waals surface area contributed by atoms with Crippen molar-refractivity contribution in [3.05, 3.63) is 0 Å². The molecule has 0 N–H and O–H groups in total. The lowest BCUT2D eigenvalue weighted by atomic mass is 10.5. The van der Waals surface area contributed by atoms with Gasteiger partial charge in [-0.25, -0.2) is 13.2 Å². The molecular weight excluding hydrogens is 251 g/mol. The Labute approximate surface area is 101 Å². The molecule has 17 heavy (non-hydrogen) atoms. The van der Waals surface area contributed by atoms with Crippen LogP contribution in [-0.4, -0.2) is 33.5 Å². The number of halogens is 3. The number of nitriles is 1. The maximum absolute atomic E-state index is 14.0. The number of rotatable bonds is 7. The van der Waals surface area contributed by atoms with E-state index in [-0.39, 0.29) is 13.2 Å². The van der Waals surface area contributed by atoms with Gasteiger partial charge in [0.25, 0.3) is 0 Å². The zero-order valence-electron chi connectivity index (χ0n) is 10.5. The molecule has 7 heteroatoms. The van der Waals surface area contributed by atoms with Gasteiger partial charge < -0.3 is 8.85 Å². The van der Waals surface area contributed by atoms with Crippen LogP contribution < -0.4 is 0 Å². The van der Waals surface area contributed by atoms with Gasteiger partial charge in [0.1, 0.15) is 0 Å². The molecular formula is C10H18F3NO2Si. The minimum absolute atomic E-state index is 0.0411. The van der Waals surface area contributed by atoms with Gasteiger partial charge >= 0.3 is 14.1 Å². The summed E-state index contributed by atoms with van der Waals surface area (Å²) in [7, 11) is -4.26. The average Bonchev–Trinajstić information content (AvgIpc) is 2.27. The Hall–Kier alpha value is -0.583. The molecule has 0 aliphatic carbocycles. The van der Waals surface area contributed by atoms with Crippen LogP contribution in [0.5, 0.6) is 0 Å². The molecule has 0 amide bonds. The van der Waals surface area contributed by atoms with Crippen LogP contribution in [0.1, 0.15) is 27.7 Å². The lowest BCUT2D eigenvalue weighted by molar-refractivity contribution is -0.0476. The molecule has 2 unspecified atom stereocenters. The van der Waals surface area contributed by atoms with Crippen LogP contribution in [0.3, 0.4) is 0 Å². The molecule has 0 radical (unpaired) electrons. The SMILES string of the molecule is CCO[Si](OCC)(C(C)C#N)C(F)(F)C(C)F. The summed E-state index contributed by atoms with van der Waals surface area (Å²) < 4.78 is 51.2. The third-order valence-corrected chi connectivity index (χ3v) is 6.48. The van der Waals surface area contributed by atoms with Crippen molar-refractivity contribution in [1.82, 2.24) is 0 Å². The Balaban J connectivity index is 5.54. The van der Waals surface area contributed by atoms with Gasteiger partial charge in [0.15, 0.2) is 6.17 Å². The molecule has 0 rings (SSSR count). The normalized spacial score (nSPS) is 16.4. The fourth-order valence-corrected chi connectivity index (χ4v) is 4.69. The highest BCUT2D eigenvalue weighted by Crippen LogP contribution is 2.41. The van der Waals surface area contributed by atoms with E-state index in [4.69, 9.17) is 14.1 Å². The number of hydrogen-bond donors (Lipinski definition) is 0. The monoisotopic (exact) mass is 269 g/mol. The van der Waals surface area contributed by atoms with Gasteiger partial charge in [-0.15, -0.1) is 0 Å². The van der Waals surface area contributed by atoms with Crippen LogP contribution in [0.4, 0.5) is 13.2 Å². The maximum atomic E-state index is 14.0. The van der Waals surface area contributed by atoms with Gasteiger partial charge in [-0.1, -0.05) is 0 Å². The van der Waals surface area contributed by atoms with Crippen LogP contribution >= 0.6 is 0 Å². The second kappa shape index (κ2) is 6.38. The van der Waals surface area contributed by atoms with Gasteiger partial charge in [0, 0.05) is 13.2 Å². The van der Waals surface area contributed by atoms with E-state index in [0.29, 0.717) is 0 Å². The summed E-state index contributed by atoms with van der Waals surface area (Å²) in [5.74, 6) is 0. The molecule has 0 aliphatic heterocycles. The molecule has 0 fully saturated rings. The number of nitrogens with zero attached hydrogens (tertiary/aromatic N) is 1. The topological polar surface area (TPSA) is 42.2 Å². The summed E-state index contributed by atoms with van der Waals surface area (Å²) in [4.78, 5) is 0. The van der Waals surface area contributed by atoms with Gasteiger partial charge in [0.2, 0.25) is 0 Å². The molecule has 0 bridgehead atoms. The summed E-state index contributed by atoms with van der Waals surface area (Å²) in [6, 6.07) is 1.70. The Kier molecular flexibility index (Phi) is 6.16. The minimum Gasteiger partial charge on any atom is -0.390 e. The summed E-state index contributed by atoms with van der Waals surface area (Å²) in [6.07, 6.45) is -2.41. The van der Waals surface area contributed by atoms with E-state index in [2.05, 4.69) is 0 Å². The number of hydrogen-bond acceptors (Lipinski definition) is 3. The van der Waals surface area contributed by atoms with E-state index < -0.39 is 25.8 Å². The van der Waals surface area contributed by atoms with E-state index in [9.17, 15) is 13.2 Å². The summed E-state index contributed by atoms with van der Waals surface area (Å²) in [5, 5.41) is 8.84. The molecule has 3 nitrogen and oxygen atoms in total. The molecule has 0 aromatic heterocycles. The first kappa shape index (κ1) is 16.4. The Morgan fingerprint density at radius 2 is 1.65 bits per heavy atom. The van der Waals surface area contributed by atoms with Gasteiger partial charge in [-0.3, -0.25) is 0 Å². The Morgan fingerprint density at radius 3 is 1.88 bits per heavy atom. The summed E-state index contributed by atoms with van der Waals surface area (Å²) in [5.41, 5.74) is -4.91. The molecule has 0 heterocycles. The van der Waals surface area contributed by atoms with Crippen LogP contribution in [0.15, 0.2) is 0 Å². The predicted molar refractivity (Wildman–Crippen MR) is 59.6 cm³/mol. The quantitative estimate of drug-likeness (QED) is 0.667. The Morgan fingerprint density at radius 1 is 1.24 bits per heavy atom. The lowest BCUT2D eigenvalue weighted by Gasteiger charge is -2.38. The molecule has 0 aromatic rings. The Bertz CT molecular complexity index is 275. The summed E-state index contributed by atoms with van der Waals surface area (Å²) in [6.45, 7) is 4.99. The molecule has 0 saturated heterocycles. The first-order valence-corrected chi connectivity index (χ1v) is 7.38. The largest absolute Gasteiger partial charge is 0.434 e. The maximum Gasteiger partial charge on any atom is 0.434 e. The van der Waals surface area contributed by atoms with Crippen LogP contribution in [0.25, 0.3) is 0 Å². The zero-order chi connectivity index (χ0) is 13.7. The third kappa shape index (κ3) is 3.00. The molecule has 2 atom stereocenters. The highest BCUT2D eigenvalue weighted by molar-refractivity contribution is 6.72. The van der Waals surface area contributed by atoms with Gasteiger partial charge in [0.05, 0.1) is 11.6 Å².